The maximum absolute atomic E-state index is 10.8. The lowest BCUT2D eigenvalue weighted by Crippen LogP contribution is -1.94. The Hall–Kier alpha value is -2.08. The van der Waals surface area contributed by atoms with Crippen LogP contribution in [0.3, 0.4) is 0 Å². The first-order chi connectivity index (χ1) is 8.66. The molecule has 0 aliphatic rings. The highest BCUT2D eigenvalue weighted by atomic mass is 32.2. The van der Waals surface area contributed by atoms with E-state index in [1.807, 2.05) is 19.1 Å². The summed E-state index contributed by atoms with van der Waals surface area (Å²) in [6.45, 7) is 1.97. The summed E-state index contributed by atoms with van der Waals surface area (Å²) in [7, 11) is 0. The first-order valence-corrected chi connectivity index (χ1v) is 5.91. The highest BCUT2D eigenvalue weighted by molar-refractivity contribution is 7.95. The SMILES string of the molecule is Cc1ccc(OSc2ncccc2[N+](=O)[O-])cc1. The molecule has 0 saturated carbocycles. The molecule has 0 spiro atoms. The molecule has 0 fully saturated rings. The summed E-state index contributed by atoms with van der Waals surface area (Å²) < 4.78 is 5.39. The molecule has 0 radical (unpaired) electrons. The first kappa shape index (κ1) is 12.4. The minimum absolute atomic E-state index is 0.0605. The second-order valence-electron chi connectivity index (χ2n) is 3.56. The minimum Gasteiger partial charge on any atom is -0.419 e. The van der Waals surface area contributed by atoms with Gasteiger partial charge in [0, 0.05) is 12.3 Å². The van der Waals surface area contributed by atoms with Gasteiger partial charge in [0.2, 0.25) is 5.03 Å². The van der Waals surface area contributed by atoms with E-state index in [4.69, 9.17) is 4.18 Å². The maximum atomic E-state index is 10.8. The van der Waals surface area contributed by atoms with Gasteiger partial charge in [-0.1, -0.05) is 17.7 Å². The Morgan fingerprint density at radius 2 is 2.00 bits per heavy atom. The number of aryl methyl sites for hydroxylation is 1. The number of hydrogen-bond acceptors (Lipinski definition) is 5. The summed E-state index contributed by atoms with van der Waals surface area (Å²) in [5.74, 6) is 0.630. The van der Waals surface area contributed by atoms with Gasteiger partial charge in [0.25, 0.3) is 0 Å². The van der Waals surface area contributed by atoms with Crippen molar-refractivity contribution in [3.05, 3.63) is 58.3 Å². The second kappa shape index (κ2) is 5.50. The van der Waals surface area contributed by atoms with E-state index < -0.39 is 4.92 Å². The summed E-state index contributed by atoms with van der Waals surface area (Å²) >= 11 is 0.882. The normalized spacial score (nSPS) is 10.1. The molecule has 1 heterocycles. The third kappa shape index (κ3) is 2.98. The van der Waals surface area contributed by atoms with Crippen LogP contribution in [0.15, 0.2) is 47.6 Å². The molecule has 1 aromatic carbocycles. The second-order valence-corrected chi connectivity index (χ2v) is 4.28. The van der Waals surface area contributed by atoms with Crippen LogP contribution in [0.4, 0.5) is 5.69 Å². The molecular weight excluding hydrogens is 252 g/mol. The molecule has 2 aromatic rings. The molecule has 1 aromatic heterocycles. The van der Waals surface area contributed by atoms with Crippen LogP contribution in [0.5, 0.6) is 5.75 Å². The Balaban J connectivity index is 2.10. The Kier molecular flexibility index (Phi) is 3.78. The monoisotopic (exact) mass is 262 g/mol. The molecule has 18 heavy (non-hydrogen) atoms. The number of pyridine rings is 1. The van der Waals surface area contributed by atoms with Crippen molar-refractivity contribution < 1.29 is 9.11 Å². The summed E-state index contributed by atoms with van der Waals surface area (Å²) in [5, 5.41) is 11.0. The predicted octanol–water partition coefficient (Wildman–Crippen LogP) is 3.38. The maximum Gasteiger partial charge on any atom is 0.304 e. The van der Waals surface area contributed by atoms with Gasteiger partial charge in [0.05, 0.1) is 4.92 Å². The smallest absolute Gasteiger partial charge is 0.304 e. The number of hydrogen-bond donors (Lipinski definition) is 0. The molecular formula is C12H10N2O3S. The molecule has 5 nitrogen and oxygen atoms in total. The van der Waals surface area contributed by atoms with E-state index in [0.29, 0.717) is 5.75 Å². The van der Waals surface area contributed by atoms with Crippen molar-refractivity contribution in [2.45, 2.75) is 11.9 Å². The predicted molar refractivity (Wildman–Crippen MR) is 68.6 cm³/mol. The Morgan fingerprint density at radius 1 is 1.28 bits per heavy atom. The van der Waals surface area contributed by atoms with Crippen LogP contribution in [0.25, 0.3) is 0 Å². The van der Waals surface area contributed by atoms with E-state index in [1.54, 1.807) is 12.1 Å². The molecule has 0 N–H and O–H groups in total. The molecule has 0 amide bonds. The number of rotatable bonds is 4. The van der Waals surface area contributed by atoms with Crippen LogP contribution < -0.4 is 4.18 Å². The van der Waals surface area contributed by atoms with Crippen molar-refractivity contribution in [1.29, 1.82) is 0 Å². The van der Waals surface area contributed by atoms with Crippen LogP contribution in [0.2, 0.25) is 0 Å². The Labute approximate surface area is 108 Å². The highest BCUT2D eigenvalue weighted by Crippen LogP contribution is 2.28. The highest BCUT2D eigenvalue weighted by Gasteiger charge is 2.15. The molecule has 0 saturated heterocycles. The Bertz CT molecular complexity index is 558. The summed E-state index contributed by atoms with van der Waals surface area (Å²) in [6.07, 6.45) is 1.49. The minimum atomic E-state index is -0.478. The van der Waals surface area contributed by atoms with Gasteiger partial charge in [-0.15, -0.1) is 0 Å². The third-order valence-corrected chi connectivity index (χ3v) is 2.93. The lowest BCUT2D eigenvalue weighted by molar-refractivity contribution is -0.388. The van der Waals surface area contributed by atoms with Crippen LogP contribution >= 0.6 is 12.0 Å². The molecule has 0 atom stereocenters. The van der Waals surface area contributed by atoms with E-state index in [0.717, 1.165) is 17.6 Å². The van der Waals surface area contributed by atoms with Crippen LogP contribution in [0.1, 0.15) is 5.56 Å². The fourth-order valence-corrected chi connectivity index (χ4v) is 1.89. The van der Waals surface area contributed by atoms with E-state index in [2.05, 4.69) is 4.98 Å². The van der Waals surface area contributed by atoms with E-state index in [9.17, 15) is 10.1 Å². The van der Waals surface area contributed by atoms with E-state index >= 15 is 0 Å². The van der Waals surface area contributed by atoms with Crippen LogP contribution in [0, 0.1) is 17.0 Å². The zero-order valence-corrected chi connectivity index (χ0v) is 10.4. The molecule has 0 bridgehead atoms. The van der Waals surface area contributed by atoms with Crippen molar-refractivity contribution >= 4 is 17.7 Å². The lowest BCUT2D eigenvalue weighted by Gasteiger charge is -2.03. The van der Waals surface area contributed by atoms with Crippen molar-refractivity contribution in [2.75, 3.05) is 0 Å². The number of benzene rings is 1. The fraction of sp³-hybridized carbons (Fsp3) is 0.0833. The van der Waals surface area contributed by atoms with Gasteiger partial charge >= 0.3 is 5.69 Å². The quantitative estimate of drug-likeness (QED) is 0.480. The van der Waals surface area contributed by atoms with Crippen molar-refractivity contribution in [3.63, 3.8) is 0 Å². The molecule has 0 aliphatic carbocycles. The summed E-state index contributed by atoms with van der Waals surface area (Å²) in [5.41, 5.74) is 1.06. The van der Waals surface area contributed by atoms with Gasteiger partial charge in [-0.3, -0.25) is 10.1 Å². The standard InChI is InChI=1S/C12H10N2O3S/c1-9-4-6-10(7-5-9)17-18-12-11(14(15)16)3-2-8-13-12/h2-8H,1H3. The summed E-state index contributed by atoms with van der Waals surface area (Å²) in [4.78, 5) is 14.2. The Morgan fingerprint density at radius 3 is 2.67 bits per heavy atom. The average Bonchev–Trinajstić information content (AvgIpc) is 2.38. The van der Waals surface area contributed by atoms with Gasteiger partial charge in [0.1, 0.15) is 17.8 Å². The summed E-state index contributed by atoms with van der Waals surface area (Å²) in [6, 6.07) is 10.3. The third-order valence-electron chi connectivity index (χ3n) is 2.19. The number of nitrogens with zero attached hydrogens (tertiary/aromatic N) is 2. The molecule has 6 heteroatoms. The zero-order valence-electron chi connectivity index (χ0n) is 9.57. The van der Waals surface area contributed by atoms with E-state index in [-0.39, 0.29) is 10.7 Å². The lowest BCUT2D eigenvalue weighted by atomic mass is 10.2. The largest absolute Gasteiger partial charge is 0.419 e. The van der Waals surface area contributed by atoms with Crippen LogP contribution in [-0.2, 0) is 0 Å². The van der Waals surface area contributed by atoms with Gasteiger partial charge < -0.3 is 4.18 Å². The topological polar surface area (TPSA) is 65.3 Å². The van der Waals surface area contributed by atoms with Crippen molar-refractivity contribution in [3.8, 4) is 5.75 Å². The van der Waals surface area contributed by atoms with E-state index in [1.165, 1.54) is 18.3 Å². The van der Waals surface area contributed by atoms with Crippen molar-refractivity contribution in [1.82, 2.24) is 4.98 Å². The van der Waals surface area contributed by atoms with Gasteiger partial charge in [-0.05, 0) is 25.1 Å². The first-order valence-electron chi connectivity index (χ1n) is 5.17. The molecule has 0 aliphatic heterocycles. The van der Waals surface area contributed by atoms with Gasteiger partial charge in [-0.2, -0.15) is 0 Å². The zero-order chi connectivity index (χ0) is 13.0. The van der Waals surface area contributed by atoms with Gasteiger partial charge in [-0.25, -0.2) is 4.98 Å². The molecule has 0 unspecified atom stereocenters. The number of aromatic nitrogens is 1. The van der Waals surface area contributed by atoms with Gasteiger partial charge in [0.15, 0.2) is 0 Å². The fourth-order valence-electron chi connectivity index (χ4n) is 1.27. The van der Waals surface area contributed by atoms with Crippen LogP contribution in [-0.4, -0.2) is 9.91 Å². The average molecular weight is 262 g/mol. The number of nitro groups is 1. The molecule has 2 rings (SSSR count). The molecule has 92 valence electrons. The van der Waals surface area contributed by atoms with Crippen molar-refractivity contribution in [2.24, 2.45) is 0 Å².